The van der Waals surface area contributed by atoms with E-state index in [1.807, 2.05) is 0 Å². The van der Waals surface area contributed by atoms with Gasteiger partial charge in [0, 0.05) is 20.3 Å². The van der Waals surface area contributed by atoms with Crippen molar-refractivity contribution < 1.29 is 19.4 Å². The number of benzene rings is 1. The molecule has 0 saturated carbocycles. The Kier molecular flexibility index (Phi) is 5.82. The lowest BCUT2D eigenvalue weighted by Gasteiger charge is -2.13. The molecule has 7 heteroatoms. The van der Waals surface area contributed by atoms with Crippen LogP contribution in [0.5, 0.6) is 11.5 Å². The maximum Gasteiger partial charge on any atom is 0.266 e. The molecule has 1 aromatic carbocycles. The van der Waals surface area contributed by atoms with Gasteiger partial charge in [-0.3, -0.25) is 9.69 Å². The first kappa shape index (κ1) is 16.8. The fraction of sp³-hybridized carbons (Fsp3) is 0.333. The van der Waals surface area contributed by atoms with Crippen LogP contribution < -0.4 is 4.74 Å². The van der Waals surface area contributed by atoms with Gasteiger partial charge in [0.15, 0.2) is 11.5 Å². The Balaban J connectivity index is 2.15. The third kappa shape index (κ3) is 3.79. The summed E-state index contributed by atoms with van der Waals surface area (Å²) in [5, 5.41) is 9.59. The van der Waals surface area contributed by atoms with Crippen LogP contribution in [0.3, 0.4) is 0 Å². The number of nitrogens with zero attached hydrogens (tertiary/aromatic N) is 1. The van der Waals surface area contributed by atoms with E-state index in [4.69, 9.17) is 21.7 Å². The van der Waals surface area contributed by atoms with Crippen LogP contribution in [0.25, 0.3) is 6.08 Å². The van der Waals surface area contributed by atoms with Crippen LogP contribution in [0.15, 0.2) is 23.1 Å². The number of hydrogen-bond acceptors (Lipinski definition) is 6. The minimum atomic E-state index is -0.0989. The van der Waals surface area contributed by atoms with Crippen molar-refractivity contribution >= 4 is 40.3 Å². The van der Waals surface area contributed by atoms with Crippen LogP contribution in [-0.4, -0.2) is 47.6 Å². The van der Waals surface area contributed by atoms with E-state index < -0.39 is 0 Å². The molecular formula is C15H17NO4S2. The number of aromatic hydroxyl groups is 1. The zero-order valence-electron chi connectivity index (χ0n) is 12.4. The summed E-state index contributed by atoms with van der Waals surface area (Å²) in [6.45, 7) is 1.14. The minimum Gasteiger partial charge on any atom is -0.504 e. The van der Waals surface area contributed by atoms with Gasteiger partial charge in [0.2, 0.25) is 0 Å². The zero-order chi connectivity index (χ0) is 16.1. The quantitative estimate of drug-likeness (QED) is 0.488. The fourth-order valence-corrected chi connectivity index (χ4v) is 3.30. The van der Waals surface area contributed by atoms with E-state index in [9.17, 15) is 9.90 Å². The summed E-state index contributed by atoms with van der Waals surface area (Å²) in [6, 6.07) is 4.92. The summed E-state index contributed by atoms with van der Waals surface area (Å²) in [5.41, 5.74) is 0.770. The number of phenolic OH excluding ortho intramolecular Hbond substituents is 1. The lowest BCUT2D eigenvalue weighted by Crippen LogP contribution is -2.29. The molecule has 1 aromatic rings. The Morgan fingerprint density at radius 2 is 2.18 bits per heavy atom. The first-order valence-electron chi connectivity index (χ1n) is 6.68. The molecule has 1 aliphatic heterocycles. The molecule has 1 N–H and O–H groups in total. The second kappa shape index (κ2) is 7.62. The number of ether oxygens (including phenoxy) is 2. The molecule has 0 atom stereocenters. The van der Waals surface area contributed by atoms with Crippen molar-refractivity contribution in [3.8, 4) is 11.5 Å². The van der Waals surface area contributed by atoms with Gasteiger partial charge in [-0.25, -0.2) is 0 Å². The molecule has 1 saturated heterocycles. The molecule has 1 fully saturated rings. The van der Waals surface area contributed by atoms with Crippen molar-refractivity contribution in [2.24, 2.45) is 0 Å². The SMILES string of the molecule is COCCCN1C(=O)C(=Cc2ccc(O)c(OC)c2)SC1=S. The highest BCUT2D eigenvalue weighted by atomic mass is 32.2. The smallest absolute Gasteiger partial charge is 0.266 e. The van der Waals surface area contributed by atoms with E-state index in [1.54, 1.807) is 30.2 Å². The molecule has 2 rings (SSSR count). The van der Waals surface area contributed by atoms with Gasteiger partial charge in [0.05, 0.1) is 12.0 Å². The number of thiocarbonyl (C=S) groups is 1. The van der Waals surface area contributed by atoms with Gasteiger partial charge >= 0.3 is 0 Å². The zero-order valence-corrected chi connectivity index (χ0v) is 14.0. The second-order valence-corrected chi connectivity index (χ2v) is 6.29. The predicted octanol–water partition coefficient (Wildman–Crippen LogP) is 2.64. The Labute approximate surface area is 138 Å². The lowest BCUT2D eigenvalue weighted by atomic mass is 10.2. The Hall–Kier alpha value is -1.57. The second-order valence-electron chi connectivity index (χ2n) is 4.61. The largest absolute Gasteiger partial charge is 0.504 e. The third-order valence-electron chi connectivity index (χ3n) is 3.11. The number of amides is 1. The van der Waals surface area contributed by atoms with Crippen molar-refractivity contribution in [3.05, 3.63) is 28.7 Å². The number of phenols is 1. The fourth-order valence-electron chi connectivity index (χ4n) is 2.00. The average molecular weight is 339 g/mol. The van der Waals surface area contributed by atoms with E-state index in [2.05, 4.69) is 0 Å². The number of carbonyl (C=O) groups excluding carboxylic acids is 1. The molecule has 22 heavy (non-hydrogen) atoms. The van der Waals surface area contributed by atoms with E-state index >= 15 is 0 Å². The lowest BCUT2D eigenvalue weighted by molar-refractivity contribution is -0.122. The summed E-state index contributed by atoms with van der Waals surface area (Å²) in [5.74, 6) is 0.328. The van der Waals surface area contributed by atoms with E-state index in [0.29, 0.717) is 28.1 Å². The molecule has 0 unspecified atom stereocenters. The summed E-state index contributed by atoms with van der Waals surface area (Å²) < 4.78 is 10.6. The topological polar surface area (TPSA) is 59.0 Å². The van der Waals surface area contributed by atoms with E-state index in [-0.39, 0.29) is 11.7 Å². The van der Waals surface area contributed by atoms with Crippen LogP contribution >= 0.6 is 24.0 Å². The van der Waals surface area contributed by atoms with Crippen LogP contribution in [0, 0.1) is 0 Å². The maximum atomic E-state index is 12.4. The van der Waals surface area contributed by atoms with Gasteiger partial charge in [-0.1, -0.05) is 30.0 Å². The van der Waals surface area contributed by atoms with Crippen molar-refractivity contribution in [2.75, 3.05) is 27.4 Å². The van der Waals surface area contributed by atoms with Crippen molar-refractivity contribution in [2.45, 2.75) is 6.42 Å². The summed E-state index contributed by atoms with van der Waals surface area (Å²) in [6.07, 6.45) is 2.49. The van der Waals surface area contributed by atoms with Crippen LogP contribution in [-0.2, 0) is 9.53 Å². The predicted molar refractivity (Wildman–Crippen MR) is 91.0 cm³/mol. The highest BCUT2D eigenvalue weighted by Gasteiger charge is 2.31. The van der Waals surface area contributed by atoms with Crippen LogP contribution in [0.4, 0.5) is 0 Å². The number of methoxy groups -OCH3 is 2. The maximum absolute atomic E-state index is 12.4. The van der Waals surface area contributed by atoms with Gasteiger partial charge < -0.3 is 14.6 Å². The van der Waals surface area contributed by atoms with Crippen LogP contribution in [0.1, 0.15) is 12.0 Å². The molecule has 0 spiro atoms. The molecule has 1 heterocycles. The molecule has 118 valence electrons. The van der Waals surface area contributed by atoms with Crippen molar-refractivity contribution in [1.29, 1.82) is 0 Å². The van der Waals surface area contributed by atoms with E-state index in [1.165, 1.54) is 24.9 Å². The first-order chi connectivity index (χ1) is 10.6. The number of carbonyl (C=O) groups is 1. The first-order valence-corrected chi connectivity index (χ1v) is 7.90. The molecule has 0 aromatic heterocycles. The molecule has 0 bridgehead atoms. The number of thioether (sulfide) groups is 1. The normalized spacial score (nSPS) is 16.6. The molecule has 0 radical (unpaired) electrons. The summed E-state index contributed by atoms with van der Waals surface area (Å²) in [7, 11) is 3.11. The van der Waals surface area contributed by atoms with Gasteiger partial charge in [-0.15, -0.1) is 0 Å². The molecule has 1 amide bonds. The monoisotopic (exact) mass is 339 g/mol. The highest BCUT2D eigenvalue weighted by Crippen LogP contribution is 2.34. The van der Waals surface area contributed by atoms with E-state index in [0.717, 1.165) is 12.0 Å². The van der Waals surface area contributed by atoms with Gasteiger partial charge in [-0.05, 0) is 30.2 Å². The molecule has 1 aliphatic rings. The Bertz CT molecular complexity index is 616. The Morgan fingerprint density at radius 3 is 2.86 bits per heavy atom. The van der Waals surface area contributed by atoms with Gasteiger partial charge in [0.1, 0.15) is 4.32 Å². The Morgan fingerprint density at radius 1 is 1.41 bits per heavy atom. The number of hydrogen-bond donors (Lipinski definition) is 1. The van der Waals surface area contributed by atoms with Crippen molar-refractivity contribution in [3.63, 3.8) is 0 Å². The van der Waals surface area contributed by atoms with Gasteiger partial charge in [-0.2, -0.15) is 0 Å². The summed E-state index contributed by atoms with van der Waals surface area (Å²) >= 11 is 6.53. The summed E-state index contributed by atoms with van der Waals surface area (Å²) in [4.78, 5) is 14.5. The average Bonchev–Trinajstić information content (AvgIpc) is 2.76. The third-order valence-corrected chi connectivity index (χ3v) is 4.48. The molecular weight excluding hydrogens is 322 g/mol. The van der Waals surface area contributed by atoms with Crippen LogP contribution in [0.2, 0.25) is 0 Å². The minimum absolute atomic E-state index is 0.0618. The number of rotatable bonds is 6. The highest BCUT2D eigenvalue weighted by molar-refractivity contribution is 8.26. The van der Waals surface area contributed by atoms with Crippen molar-refractivity contribution in [1.82, 2.24) is 4.90 Å². The molecule has 0 aliphatic carbocycles. The molecule has 5 nitrogen and oxygen atoms in total. The van der Waals surface area contributed by atoms with Gasteiger partial charge in [0.25, 0.3) is 5.91 Å². The standard InChI is InChI=1S/C15H17NO4S2/c1-19-7-3-6-16-14(18)13(22-15(16)21)9-10-4-5-11(17)12(8-10)20-2/h4-5,8-9,17H,3,6-7H2,1-2H3.